The molecule has 0 aromatic heterocycles. The van der Waals surface area contributed by atoms with Crippen molar-refractivity contribution >= 4 is 6.29 Å². The second-order valence-electron chi connectivity index (χ2n) is 4.53. The molecule has 0 fully saturated rings. The quantitative estimate of drug-likeness (QED) is 0.547. The molecular weight excluding hydrogens is 174 g/mol. The Bertz CT molecular complexity index is 265. The van der Waals surface area contributed by atoms with E-state index in [1.807, 2.05) is 13.1 Å². The Balaban J connectivity index is 2.94. The van der Waals surface area contributed by atoms with E-state index in [-0.39, 0.29) is 11.3 Å². The van der Waals surface area contributed by atoms with Crippen LogP contribution in [-0.2, 0) is 4.79 Å². The SMILES string of the molecule is C=C1C(C=O)C=CC(C)(C)C1CNC. The average Bonchev–Trinajstić information content (AvgIpc) is 2.12. The van der Waals surface area contributed by atoms with E-state index in [1.54, 1.807) is 0 Å². The van der Waals surface area contributed by atoms with Crippen LogP contribution in [0.4, 0.5) is 0 Å². The summed E-state index contributed by atoms with van der Waals surface area (Å²) in [6, 6.07) is 0. The summed E-state index contributed by atoms with van der Waals surface area (Å²) in [5.41, 5.74) is 1.13. The molecule has 0 spiro atoms. The Hall–Kier alpha value is -0.890. The first-order valence-electron chi connectivity index (χ1n) is 5.01. The molecule has 1 aliphatic rings. The van der Waals surface area contributed by atoms with Crippen molar-refractivity contribution in [1.29, 1.82) is 0 Å². The Morgan fingerprint density at radius 2 is 2.29 bits per heavy atom. The predicted molar refractivity (Wildman–Crippen MR) is 59.0 cm³/mol. The molecule has 14 heavy (non-hydrogen) atoms. The van der Waals surface area contributed by atoms with Gasteiger partial charge in [-0.15, -0.1) is 0 Å². The molecule has 0 saturated carbocycles. The third-order valence-corrected chi connectivity index (χ3v) is 3.06. The van der Waals surface area contributed by atoms with Crippen LogP contribution in [0.1, 0.15) is 13.8 Å². The van der Waals surface area contributed by atoms with Crippen molar-refractivity contribution in [1.82, 2.24) is 5.32 Å². The molecule has 2 heteroatoms. The van der Waals surface area contributed by atoms with Crippen LogP contribution in [0.5, 0.6) is 0 Å². The summed E-state index contributed by atoms with van der Waals surface area (Å²) in [5.74, 6) is 0.245. The minimum atomic E-state index is -0.0959. The number of hydrogen-bond donors (Lipinski definition) is 1. The number of carbonyl (C=O) groups excluding carboxylic acids is 1. The summed E-state index contributed by atoms with van der Waals surface area (Å²) >= 11 is 0. The van der Waals surface area contributed by atoms with Crippen molar-refractivity contribution in [3.8, 4) is 0 Å². The lowest BCUT2D eigenvalue weighted by Gasteiger charge is -2.38. The third kappa shape index (κ3) is 1.95. The summed E-state index contributed by atoms with van der Waals surface area (Å²) in [5, 5.41) is 3.16. The van der Waals surface area contributed by atoms with Crippen molar-refractivity contribution < 1.29 is 4.79 Å². The van der Waals surface area contributed by atoms with Gasteiger partial charge in [0.05, 0.1) is 5.92 Å². The van der Waals surface area contributed by atoms with Crippen LogP contribution in [0.3, 0.4) is 0 Å². The second kappa shape index (κ2) is 4.09. The fourth-order valence-corrected chi connectivity index (χ4v) is 2.03. The van der Waals surface area contributed by atoms with Gasteiger partial charge in [-0.1, -0.05) is 38.2 Å². The zero-order chi connectivity index (χ0) is 10.8. The molecule has 0 bridgehead atoms. The molecule has 2 nitrogen and oxygen atoms in total. The maximum absolute atomic E-state index is 10.8. The fraction of sp³-hybridized carbons (Fsp3) is 0.583. The highest BCUT2D eigenvalue weighted by Crippen LogP contribution is 2.40. The third-order valence-electron chi connectivity index (χ3n) is 3.06. The van der Waals surface area contributed by atoms with E-state index in [4.69, 9.17) is 0 Å². The largest absolute Gasteiger partial charge is 0.319 e. The molecule has 0 aliphatic heterocycles. The average molecular weight is 193 g/mol. The van der Waals surface area contributed by atoms with Gasteiger partial charge in [0.15, 0.2) is 0 Å². The van der Waals surface area contributed by atoms with E-state index >= 15 is 0 Å². The molecule has 0 aromatic carbocycles. The van der Waals surface area contributed by atoms with Crippen molar-refractivity contribution in [3.05, 3.63) is 24.3 Å². The van der Waals surface area contributed by atoms with E-state index in [0.717, 1.165) is 18.4 Å². The zero-order valence-corrected chi connectivity index (χ0v) is 9.21. The number of rotatable bonds is 3. The maximum atomic E-state index is 10.8. The first kappa shape index (κ1) is 11.2. The van der Waals surface area contributed by atoms with Crippen LogP contribution in [0, 0.1) is 17.3 Å². The van der Waals surface area contributed by atoms with Gasteiger partial charge in [0.2, 0.25) is 0 Å². The minimum Gasteiger partial charge on any atom is -0.319 e. The van der Waals surface area contributed by atoms with E-state index in [9.17, 15) is 4.79 Å². The minimum absolute atomic E-state index is 0.0959. The molecule has 1 rings (SSSR count). The molecule has 2 atom stereocenters. The molecule has 0 heterocycles. The molecule has 0 saturated heterocycles. The van der Waals surface area contributed by atoms with Gasteiger partial charge in [-0.05, 0) is 12.5 Å². The normalized spacial score (nSPS) is 30.4. The van der Waals surface area contributed by atoms with E-state index < -0.39 is 0 Å². The van der Waals surface area contributed by atoms with E-state index in [0.29, 0.717) is 5.92 Å². The van der Waals surface area contributed by atoms with E-state index in [1.165, 1.54) is 0 Å². The Morgan fingerprint density at radius 1 is 1.64 bits per heavy atom. The lowest BCUT2D eigenvalue weighted by Crippen LogP contribution is -2.36. The van der Waals surface area contributed by atoms with Gasteiger partial charge in [0.1, 0.15) is 6.29 Å². The molecule has 2 unspecified atom stereocenters. The number of allylic oxidation sites excluding steroid dienone is 2. The summed E-state index contributed by atoms with van der Waals surface area (Å²) in [6.45, 7) is 9.27. The van der Waals surface area contributed by atoms with Gasteiger partial charge in [-0.3, -0.25) is 0 Å². The first-order chi connectivity index (χ1) is 6.53. The lowest BCUT2D eigenvalue weighted by atomic mass is 9.67. The zero-order valence-electron chi connectivity index (χ0n) is 9.21. The molecule has 0 aromatic rings. The van der Waals surface area contributed by atoms with Gasteiger partial charge in [-0.25, -0.2) is 0 Å². The van der Waals surface area contributed by atoms with Crippen LogP contribution >= 0.6 is 0 Å². The van der Waals surface area contributed by atoms with Crippen LogP contribution in [0.15, 0.2) is 24.3 Å². The highest BCUT2D eigenvalue weighted by atomic mass is 16.1. The van der Waals surface area contributed by atoms with Gasteiger partial charge in [-0.2, -0.15) is 0 Å². The fourth-order valence-electron chi connectivity index (χ4n) is 2.03. The van der Waals surface area contributed by atoms with Crippen LogP contribution < -0.4 is 5.32 Å². The highest BCUT2D eigenvalue weighted by molar-refractivity contribution is 5.63. The predicted octanol–water partition coefficient (Wildman–Crippen LogP) is 1.79. The Labute approximate surface area is 86.1 Å². The van der Waals surface area contributed by atoms with Gasteiger partial charge >= 0.3 is 0 Å². The molecule has 1 aliphatic carbocycles. The number of hydrogen-bond acceptors (Lipinski definition) is 2. The molecule has 0 radical (unpaired) electrons. The van der Waals surface area contributed by atoms with Crippen molar-refractivity contribution in [3.63, 3.8) is 0 Å². The molecule has 78 valence electrons. The Morgan fingerprint density at radius 3 is 2.79 bits per heavy atom. The summed E-state index contributed by atoms with van der Waals surface area (Å²) in [4.78, 5) is 10.8. The van der Waals surface area contributed by atoms with Crippen LogP contribution in [0.2, 0.25) is 0 Å². The number of nitrogens with one attached hydrogen (secondary N) is 1. The topological polar surface area (TPSA) is 29.1 Å². The van der Waals surface area contributed by atoms with Gasteiger partial charge < -0.3 is 10.1 Å². The van der Waals surface area contributed by atoms with Gasteiger partial charge in [0, 0.05) is 12.5 Å². The van der Waals surface area contributed by atoms with Crippen LogP contribution in [-0.4, -0.2) is 19.9 Å². The lowest BCUT2D eigenvalue weighted by molar-refractivity contribution is -0.109. The number of aldehydes is 1. The standard InChI is InChI=1S/C12H19NO/c1-9-10(8-14)5-6-12(2,3)11(9)7-13-4/h5-6,8,10-11,13H,1,7H2,2-4H3. The van der Waals surface area contributed by atoms with E-state index in [2.05, 4.69) is 31.8 Å². The summed E-state index contributed by atoms with van der Waals surface area (Å²) in [7, 11) is 1.93. The summed E-state index contributed by atoms with van der Waals surface area (Å²) in [6.07, 6.45) is 5.06. The van der Waals surface area contributed by atoms with Gasteiger partial charge in [0.25, 0.3) is 0 Å². The summed E-state index contributed by atoms with van der Waals surface area (Å²) < 4.78 is 0. The monoisotopic (exact) mass is 193 g/mol. The molecule has 1 N–H and O–H groups in total. The maximum Gasteiger partial charge on any atom is 0.130 e. The smallest absolute Gasteiger partial charge is 0.130 e. The highest BCUT2D eigenvalue weighted by Gasteiger charge is 2.34. The Kier molecular flexibility index (Phi) is 3.27. The molecular formula is C12H19NO. The van der Waals surface area contributed by atoms with Crippen molar-refractivity contribution in [2.75, 3.05) is 13.6 Å². The van der Waals surface area contributed by atoms with Crippen molar-refractivity contribution in [2.45, 2.75) is 13.8 Å². The first-order valence-corrected chi connectivity index (χ1v) is 5.01. The molecule has 0 amide bonds. The second-order valence-corrected chi connectivity index (χ2v) is 4.53. The van der Waals surface area contributed by atoms with Crippen LogP contribution in [0.25, 0.3) is 0 Å². The number of carbonyl (C=O) groups is 1. The van der Waals surface area contributed by atoms with Crippen molar-refractivity contribution in [2.24, 2.45) is 17.3 Å².